The molecule has 150 valence electrons. The van der Waals surface area contributed by atoms with Gasteiger partial charge in [0.15, 0.2) is 0 Å². The fourth-order valence-corrected chi connectivity index (χ4v) is 4.87. The summed E-state index contributed by atoms with van der Waals surface area (Å²) in [5.74, 6) is 0.330. The van der Waals surface area contributed by atoms with Gasteiger partial charge in [0.05, 0.1) is 0 Å². The van der Waals surface area contributed by atoms with Gasteiger partial charge in [0.25, 0.3) is 0 Å². The van der Waals surface area contributed by atoms with E-state index < -0.39 is 11.9 Å². The molecule has 0 N–H and O–H groups in total. The van der Waals surface area contributed by atoms with Crippen LogP contribution in [0.5, 0.6) is 11.5 Å². The monoisotopic (exact) mass is 410 g/mol. The van der Waals surface area contributed by atoms with Crippen molar-refractivity contribution in [2.45, 2.75) is 51.4 Å². The Morgan fingerprint density at radius 3 is 2.31 bits per heavy atom. The summed E-state index contributed by atoms with van der Waals surface area (Å²) in [6.45, 7) is 12.8. The van der Waals surface area contributed by atoms with Crippen molar-refractivity contribution in [1.82, 2.24) is 0 Å². The molecule has 0 aliphatic heterocycles. The average molecular weight is 411 g/mol. The van der Waals surface area contributed by atoms with Gasteiger partial charge in [0.2, 0.25) is 0 Å². The number of ether oxygens (including phenoxy) is 2. The van der Waals surface area contributed by atoms with Crippen LogP contribution >= 0.6 is 11.6 Å². The van der Waals surface area contributed by atoms with Crippen molar-refractivity contribution in [2.75, 3.05) is 0 Å². The third-order valence-electron chi connectivity index (χ3n) is 6.05. The van der Waals surface area contributed by atoms with Gasteiger partial charge in [-0.15, -0.1) is 0 Å². The van der Waals surface area contributed by atoms with Gasteiger partial charge in [-0.25, -0.2) is 9.59 Å². The normalized spacial score (nSPS) is 21.7. The Hall–Kier alpha value is -2.59. The van der Waals surface area contributed by atoms with E-state index in [0.29, 0.717) is 38.4 Å². The van der Waals surface area contributed by atoms with Crippen LogP contribution in [-0.2, 0) is 15.0 Å². The second-order valence-corrected chi connectivity index (χ2v) is 8.91. The van der Waals surface area contributed by atoms with Crippen LogP contribution < -0.4 is 9.47 Å². The Balaban J connectivity index is 2.06. The largest absolute Gasteiger partial charge is 0.422 e. The van der Waals surface area contributed by atoms with E-state index in [1.807, 2.05) is 6.07 Å². The molecule has 0 heterocycles. The Morgan fingerprint density at radius 2 is 1.69 bits per heavy atom. The highest BCUT2D eigenvalue weighted by Gasteiger charge is 2.50. The number of hydrogen-bond donors (Lipinski definition) is 0. The maximum atomic E-state index is 12.4. The number of fused-ring (bicyclic) bond motifs is 6. The first kappa shape index (κ1) is 19.7. The number of esters is 2. The second-order valence-electron chi connectivity index (χ2n) is 8.48. The molecule has 2 aromatic carbocycles. The molecule has 2 unspecified atom stereocenters. The van der Waals surface area contributed by atoms with Gasteiger partial charge < -0.3 is 9.47 Å². The summed E-state index contributed by atoms with van der Waals surface area (Å²) < 4.78 is 11.7. The Bertz CT molecular complexity index is 1110. The summed E-state index contributed by atoms with van der Waals surface area (Å²) in [4.78, 5) is 24.9. The van der Waals surface area contributed by atoms with E-state index in [1.165, 1.54) is 0 Å². The van der Waals surface area contributed by atoms with Crippen molar-refractivity contribution in [3.8, 4) is 11.5 Å². The van der Waals surface area contributed by atoms with Crippen LogP contribution in [0, 0.1) is 0 Å². The molecule has 0 aromatic heterocycles. The zero-order valence-electron chi connectivity index (χ0n) is 16.9. The van der Waals surface area contributed by atoms with Crippen molar-refractivity contribution in [3.63, 3.8) is 0 Å². The van der Waals surface area contributed by atoms with E-state index in [1.54, 1.807) is 26.0 Å². The lowest BCUT2D eigenvalue weighted by Gasteiger charge is -2.29. The van der Waals surface area contributed by atoms with E-state index in [0.717, 1.165) is 30.4 Å². The molecule has 1 saturated carbocycles. The van der Waals surface area contributed by atoms with Crippen LogP contribution in [0.25, 0.3) is 10.8 Å². The van der Waals surface area contributed by atoms with E-state index in [9.17, 15) is 9.59 Å². The van der Waals surface area contributed by atoms with E-state index in [-0.39, 0.29) is 11.3 Å². The molecule has 5 heteroatoms. The number of carbonyl (C=O) groups is 2. The lowest BCUT2D eigenvalue weighted by atomic mass is 9.78. The topological polar surface area (TPSA) is 52.6 Å². The Labute approximate surface area is 175 Å². The van der Waals surface area contributed by atoms with Gasteiger partial charge in [0, 0.05) is 38.1 Å². The minimum atomic E-state index is -0.479. The maximum Gasteiger partial charge on any atom is 0.338 e. The molecule has 2 aromatic rings. The average Bonchev–Trinajstić information content (AvgIpc) is 3.17. The molecule has 29 heavy (non-hydrogen) atoms. The van der Waals surface area contributed by atoms with Crippen molar-refractivity contribution in [3.05, 3.63) is 58.7 Å². The van der Waals surface area contributed by atoms with Crippen molar-refractivity contribution in [2.24, 2.45) is 0 Å². The second kappa shape index (κ2) is 6.74. The molecule has 4 rings (SSSR count). The molecule has 0 spiro atoms. The zero-order valence-corrected chi connectivity index (χ0v) is 17.6. The fraction of sp³-hybridized carbons (Fsp3) is 0.333. The van der Waals surface area contributed by atoms with Gasteiger partial charge in [-0.2, -0.15) is 0 Å². The number of halogens is 1. The Kier molecular flexibility index (Phi) is 4.58. The molecular weight excluding hydrogens is 388 g/mol. The number of rotatable bonds is 4. The minimum absolute atomic E-state index is 0.136. The summed E-state index contributed by atoms with van der Waals surface area (Å²) in [6, 6.07) is 5.31. The maximum absolute atomic E-state index is 12.4. The van der Waals surface area contributed by atoms with Crippen molar-refractivity contribution >= 4 is 34.3 Å². The van der Waals surface area contributed by atoms with Crippen LogP contribution in [0.3, 0.4) is 0 Å². The van der Waals surface area contributed by atoms with Crippen LogP contribution in [-0.4, -0.2) is 11.9 Å². The smallest absolute Gasteiger partial charge is 0.338 e. The molecular formula is C24H23ClO4. The standard InChI is InChI=1S/C24H23ClO4/c1-12(2)22(26)28-20-17-10-15(25)6-7-16(17)21(29-23(27)13(3)4)19-18(20)14-8-9-24(19,5)11-14/h6-7,10,14H,1,3,8-9,11H2,2,4-5H3. The van der Waals surface area contributed by atoms with E-state index >= 15 is 0 Å². The number of benzene rings is 2. The predicted octanol–water partition coefficient (Wildman–Crippen LogP) is 6.00. The summed E-state index contributed by atoms with van der Waals surface area (Å²) in [5, 5.41) is 1.86. The molecule has 2 atom stereocenters. The molecule has 0 saturated heterocycles. The molecule has 0 amide bonds. The highest BCUT2D eigenvalue weighted by molar-refractivity contribution is 6.31. The molecule has 0 radical (unpaired) electrons. The van der Waals surface area contributed by atoms with E-state index in [2.05, 4.69) is 20.1 Å². The fourth-order valence-electron chi connectivity index (χ4n) is 4.70. The van der Waals surface area contributed by atoms with Crippen molar-refractivity contribution in [1.29, 1.82) is 0 Å². The lowest BCUT2D eigenvalue weighted by molar-refractivity contribution is -0.131. The van der Waals surface area contributed by atoms with Crippen LogP contribution in [0.1, 0.15) is 57.1 Å². The minimum Gasteiger partial charge on any atom is -0.422 e. The number of hydrogen-bond acceptors (Lipinski definition) is 4. The van der Waals surface area contributed by atoms with E-state index in [4.69, 9.17) is 21.1 Å². The summed E-state index contributed by atoms with van der Waals surface area (Å²) in [7, 11) is 0. The zero-order chi connectivity index (χ0) is 21.1. The SMILES string of the molecule is C=C(C)C(=O)Oc1c2c(c(OC(=O)C(=C)C)c3ccc(Cl)cc13)C1(C)CCC2C1. The predicted molar refractivity (Wildman–Crippen MR) is 114 cm³/mol. The van der Waals surface area contributed by atoms with Crippen molar-refractivity contribution < 1.29 is 19.1 Å². The quantitative estimate of drug-likeness (QED) is 0.352. The van der Waals surface area contributed by atoms with Gasteiger partial charge in [0.1, 0.15) is 11.5 Å². The highest BCUT2D eigenvalue weighted by atomic mass is 35.5. The molecule has 4 nitrogen and oxygen atoms in total. The van der Waals surface area contributed by atoms with Crippen LogP contribution in [0.4, 0.5) is 0 Å². The summed E-state index contributed by atoms with van der Waals surface area (Å²) in [6.07, 6.45) is 2.93. The van der Waals surface area contributed by atoms with Gasteiger partial charge >= 0.3 is 11.9 Å². The first-order valence-corrected chi connectivity index (χ1v) is 10.0. The van der Waals surface area contributed by atoms with Gasteiger partial charge in [-0.05, 0) is 62.6 Å². The molecule has 2 aliphatic carbocycles. The van der Waals surface area contributed by atoms with Crippen LogP contribution in [0.15, 0.2) is 42.5 Å². The molecule has 2 bridgehead atoms. The third-order valence-corrected chi connectivity index (χ3v) is 6.29. The summed E-state index contributed by atoms with van der Waals surface area (Å²) >= 11 is 6.28. The molecule has 2 aliphatic rings. The number of carbonyl (C=O) groups excluding carboxylic acids is 2. The third kappa shape index (κ3) is 3.06. The first-order chi connectivity index (χ1) is 13.6. The lowest BCUT2D eigenvalue weighted by Crippen LogP contribution is -2.21. The van der Waals surface area contributed by atoms with Gasteiger partial charge in [-0.3, -0.25) is 0 Å². The first-order valence-electron chi connectivity index (χ1n) is 9.67. The highest BCUT2D eigenvalue weighted by Crippen LogP contribution is 2.64. The molecule has 1 fully saturated rings. The Morgan fingerprint density at radius 1 is 1.07 bits per heavy atom. The van der Waals surface area contributed by atoms with Crippen LogP contribution in [0.2, 0.25) is 5.02 Å². The van der Waals surface area contributed by atoms with Gasteiger partial charge in [-0.1, -0.05) is 31.7 Å². The summed E-state index contributed by atoms with van der Waals surface area (Å²) in [5.41, 5.74) is 2.42.